The van der Waals surface area contributed by atoms with Crippen LogP contribution in [0.3, 0.4) is 0 Å². The molecule has 1 fully saturated rings. The molecule has 3 rings (SSSR count). The fourth-order valence-corrected chi connectivity index (χ4v) is 3.73. The van der Waals surface area contributed by atoms with Crippen molar-refractivity contribution in [1.82, 2.24) is 5.32 Å². The van der Waals surface area contributed by atoms with Crippen LogP contribution in [0, 0.1) is 5.82 Å². The predicted octanol–water partition coefficient (Wildman–Crippen LogP) is 3.85. The molecule has 1 aliphatic rings. The normalized spacial score (nSPS) is 16.6. The molecule has 0 radical (unpaired) electrons. The molecule has 0 aromatic heterocycles. The summed E-state index contributed by atoms with van der Waals surface area (Å²) in [6, 6.07) is 17.5. The molecule has 0 amide bonds. The highest BCUT2D eigenvalue weighted by molar-refractivity contribution is 7.99. The van der Waals surface area contributed by atoms with E-state index in [9.17, 15) is 4.39 Å². The molecule has 2 aromatic rings. The van der Waals surface area contributed by atoms with E-state index in [1.165, 1.54) is 11.0 Å². The first-order valence-electron chi connectivity index (χ1n) is 6.93. The lowest BCUT2D eigenvalue weighted by Crippen LogP contribution is -2.57. The van der Waals surface area contributed by atoms with Gasteiger partial charge < -0.3 is 5.32 Å². The molecule has 3 heteroatoms. The van der Waals surface area contributed by atoms with E-state index in [2.05, 4.69) is 35.6 Å². The Morgan fingerprint density at radius 3 is 2.50 bits per heavy atom. The highest BCUT2D eigenvalue weighted by Gasteiger charge is 2.38. The number of nitrogens with one attached hydrogen (secondary N) is 1. The first kappa shape index (κ1) is 13.7. The van der Waals surface area contributed by atoms with Crippen molar-refractivity contribution in [3.8, 4) is 0 Å². The molecule has 0 bridgehead atoms. The largest absolute Gasteiger partial charge is 0.315 e. The van der Waals surface area contributed by atoms with Crippen LogP contribution < -0.4 is 5.32 Å². The molecule has 0 aliphatic carbocycles. The van der Waals surface area contributed by atoms with E-state index < -0.39 is 0 Å². The average molecular weight is 287 g/mol. The van der Waals surface area contributed by atoms with E-state index in [0.717, 1.165) is 30.8 Å². The van der Waals surface area contributed by atoms with E-state index in [-0.39, 0.29) is 11.2 Å². The SMILES string of the molecule is Fc1cccc(C2(CCSc3ccccc3)CNC2)c1. The van der Waals surface area contributed by atoms with Crippen molar-refractivity contribution in [3.05, 3.63) is 66.0 Å². The molecule has 104 valence electrons. The van der Waals surface area contributed by atoms with Crippen molar-refractivity contribution in [2.75, 3.05) is 18.8 Å². The number of thioether (sulfide) groups is 1. The Hall–Kier alpha value is -1.32. The molecule has 0 spiro atoms. The van der Waals surface area contributed by atoms with Crippen LogP contribution in [0.5, 0.6) is 0 Å². The van der Waals surface area contributed by atoms with Gasteiger partial charge in [0.1, 0.15) is 5.82 Å². The van der Waals surface area contributed by atoms with E-state index >= 15 is 0 Å². The minimum Gasteiger partial charge on any atom is -0.315 e. The van der Waals surface area contributed by atoms with Crippen molar-refractivity contribution in [2.45, 2.75) is 16.7 Å². The maximum Gasteiger partial charge on any atom is 0.123 e. The van der Waals surface area contributed by atoms with Gasteiger partial charge in [-0.25, -0.2) is 4.39 Å². The second kappa shape index (κ2) is 5.98. The Balaban J connectivity index is 1.65. The zero-order valence-corrected chi connectivity index (χ0v) is 12.1. The summed E-state index contributed by atoms with van der Waals surface area (Å²) in [5, 5.41) is 3.34. The van der Waals surface area contributed by atoms with Gasteiger partial charge in [-0.2, -0.15) is 0 Å². The number of hydrogen-bond acceptors (Lipinski definition) is 2. The van der Waals surface area contributed by atoms with Crippen molar-refractivity contribution in [1.29, 1.82) is 0 Å². The van der Waals surface area contributed by atoms with Crippen LogP contribution in [0.15, 0.2) is 59.5 Å². The highest BCUT2D eigenvalue weighted by atomic mass is 32.2. The van der Waals surface area contributed by atoms with Crippen molar-refractivity contribution in [2.24, 2.45) is 0 Å². The van der Waals surface area contributed by atoms with Crippen LogP contribution in [-0.2, 0) is 5.41 Å². The quantitative estimate of drug-likeness (QED) is 0.838. The van der Waals surface area contributed by atoms with Crippen LogP contribution in [0.1, 0.15) is 12.0 Å². The summed E-state index contributed by atoms with van der Waals surface area (Å²) in [4.78, 5) is 1.30. The monoisotopic (exact) mass is 287 g/mol. The van der Waals surface area contributed by atoms with Gasteiger partial charge in [-0.05, 0) is 42.0 Å². The molecular formula is C17H18FNS. The molecule has 0 saturated carbocycles. The van der Waals surface area contributed by atoms with Gasteiger partial charge in [-0.3, -0.25) is 0 Å². The second-order valence-corrected chi connectivity index (χ2v) is 6.47. The van der Waals surface area contributed by atoms with Gasteiger partial charge in [0, 0.05) is 23.4 Å². The van der Waals surface area contributed by atoms with Crippen LogP contribution in [0.4, 0.5) is 4.39 Å². The summed E-state index contributed by atoms with van der Waals surface area (Å²) < 4.78 is 13.4. The Kier molecular flexibility index (Phi) is 4.08. The van der Waals surface area contributed by atoms with Crippen LogP contribution in [-0.4, -0.2) is 18.8 Å². The summed E-state index contributed by atoms with van der Waals surface area (Å²) in [6.45, 7) is 1.90. The zero-order chi connectivity index (χ0) is 13.8. The van der Waals surface area contributed by atoms with Crippen LogP contribution in [0.2, 0.25) is 0 Å². The molecule has 1 N–H and O–H groups in total. The van der Waals surface area contributed by atoms with E-state index in [4.69, 9.17) is 0 Å². The topological polar surface area (TPSA) is 12.0 Å². The third-order valence-electron chi connectivity index (χ3n) is 3.96. The molecule has 0 atom stereocenters. The average Bonchev–Trinajstić information content (AvgIpc) is 2.43. The first-order valence-corrected chi connectivity index (χ1v) is 7.92. The van der Waals surface area contributed by atoms with Crippen LogP contribution >= 0.6 is 11.8 Å². The minimum absolute atomic E-state index is 0.115. The lowest BCUT2D eigenvalue weighted by atomic mass is 9.73. The number of halogens is 1. The number of benzene rings is 2. The Morgan fingerprint density at radius 1 is 1.05 bits per heavy atom. The van der Waals surface area contributed by atoms with Gasteiger partial charge in [0.05, 0.1) is 0 Å². The number of hydrogen-bond donors (Lipinski definition) is 1. The standard InChI is InChI=1S/C17H18FNS/c18-15-6-4-5-14(11-15)17(12-19-13-17)9-10-20-16-7-2-1-3-8-16/h1-8,11,19H,9-10,12-13H2. The van der Waals surface area contributed by atoms with E-state index in [1.807, 2.05) is 23.9 Å². The van der Waals surface area contributed by atoms with Crippen molar-refractivity contribution < 1.29 is 4.39 Å². The highest BCUT2D eigenvalue weighted by Crippen LogP contribution is 2.34. The third-order valence-corrected chi connectivity index (χ3v) is 4.97. The Bertz CT molecular complexity index is 566. The second-order valence-electron chi connectivity index (χ2n) is 5.31. The van der Waals surface area contributed by atoms with Crippen molar-refractivity contribution >= 4 is 11.8 Å². The van der Waals surface area contributed by atoms with Gasteiger partial charge in [-0.1, -0.05) is 30.3 Å². The maximum absolute atomic E-state index is 13.4. The fourth-order valence-electron chi connectivity index (χ4n) is 2.65. The summed E-state index contributed by atoms with van der Waals surface area (Å²) in [6.07, 6.45) is 1.07. The lowest BCUT2D eigenvalue weighted by Gasteiger charge is -2.43. The molecule has 20 heavy (non-hydrogen) atoms. The predicted molar refractivity (Wildman–Crippen MR) is 82.7 cm³/mol. The molecule has 2 aromatic carbocycles. The Labute approximate surface area is 123 Å². The zero-order valence-electron chi connectivity index (χ0n) is 11.3. The van der Waals surface area contributed by atoms with E-state index in [0.29, 0.717) is 0 Å². The number of rotatable bonds is 5. The summed E-state index contributed by atoms with van der Waals surface area (Å²) >= 11 is 1.87. The van der Waals surface area contributed by atoms with Gasteiger partial charge in [0.2, 0.25) is 0 Å². The molecule has 1 saturated heterocycles. The third kappa shape index (κ3) is 2.89. The van der Waals surface area contributed by atoms with Gasteiger partial charge >= 0.3 is 0 Å². The molecule has 1 aliphatic heterocycles. The maximum atomic E-state index is 13.4. The first-order chi connectivity index (χ1) is 9.78. The molecular weight excluding hydrogens is 269 g/mol. The molecule has 1 nitrogen and oxygen atoms in total. The smallest absolute Gasteiger partial charge is 0.123 e. The van der Waals surface area contributed by atoms with Gasteiger partial charge in [0.25, 0.3) is 0 Å². The summed E-state index contributed by atoms with van der Waals surface area (Å²) in [7, 11) is 0. The fraction of sp³-hybridized carbons (Fsp3) is 0.294. The lowest BCUT2D eigenvalue weighted by molar-refractivity contribution is 0.269. The minimum atomic E-state index is -0.135. The van der Waals surface area contributed by atoms with Crippen molar-refractivity contribution in [3.63, 3.8) is 0 Å². The van der Waals surface area contributed by atoms with Gasteiger partial charge in [-0.15, -0.1) is 11.8 Å². The van der Waals surface area contributed by atoms with Gasteiger partial charge in [0.15, 0.2) is 0 Å². The Morgan fingerprint density at radius 2 is 1.85 bits per heavy atom. The summed E-state index contributed by atoms with van der Waals surface area (Å²) in [5.74, 6) is 0.923. The molecule has 0 unspecified atom stereocenters. The van der Waals surface area contributed by atoms with Crippen LogP contribution in [0.25, 0.3) is 0 Å². The van der Waals surface area contributed by atoms with E-state index in [1.54, 1.807) is 6.07 Å². The molecule has 1 heterocycles. The summed E-state index contributed by atoms with van der Waals surface area (Å²) in [5.41, 5.74) is 1.24.